The van der Waals surface area contributed by atoms with Crippen molar-refractivity contribution in [2.45, 2.75) is 39.0 Å². The van der Waals surface area contributed by atoms with E-state index in [0.717, 1.165) is 30.5 Å². The second kappa shape index (κ2) is 6.49. The minimum absolute atomic E-state index is 0.0249. The first-order valence-corrected chi connectivity index (χ1v) is 8.25. The van der Waals surface area contributed by atoms with Crippen LogP contribution < -0.4 is 5.32 Å². The Kier molecular flexibility index (Phi) is 5.10. The van der Waals surface area contributed by atoms with E-state index in [1.165, 1.54) is 5.56 Å². The van der Waals surface area contributed by atoms with Crippen LogP contribution in [0.25, 0.3) is 0 Å². The summed E-state index contributed by atoms with van der Waals surface area (Å²) in [5.74, 6) is 0.100. The van der Waals surface area contributed by atoms with Crippen molar-refractivity contribution >= 4 is 21.8 Å². The van der Waals surface area contributed by atoms with Crippen LogP contribution >= 0.6 is 15.9 Å². The summed E-state index contributed by atoms with van der Waals surface area (Å²) >= 11 is 3.55. The van der Waals surface area contributed by atoms with Gasteiger partial charge in [-0.25, -0.2) is 0 Å². The molecule has 0 bridgehead atoms. The number of hydrogen-bond acceptors (Lipinski definition) is 2. The summed E-state index contributed by atoms with van der Waals surface area (Å²) in [6.07, 6.45) is 1.88. The lowest BCUT2D eigenvalue weighted by atomic mass is 9.74. The normalized spacial score (nSPS) is 18.3. The maximum atomic E-state index is 12.2. The number of halogens is 1. The van der Waals surface area contributed by atoms with Crippen LogP contribution in [0.3, 0.4) is 0 Å². The zero-order valence-corrected chi connectivity index (χ0v) is 14.6. The van der Waals surface area contributed by atoms with Gasteiger partial charge in [-0.05, 0) is 30.5 Å². The molecule has 1 heterocycles. The Morgan fingerprint density at radius 1 is 1.33 bits per heavy atom. The monoisotopic (exact) mass is 353 g/mol. The number of benzene rings is 1. The molecule has 0 radical (unpaired) electrons. The summed E-state index contributed by atoms with van der Waals surface area (Å²) in [7, 11) is 0. The van der Waals surface area contributed by atoms with Gasteiger partial charge in [-0.3, -0.25) is 4.79 Å². The van der Waals surface area contributed by atoms with E-state index in [4.69, 9.17) is 4.74 Å². The summed E-state index contributed by atoms with van der Waals surface area (Å²) in [5.41, 5.74) is 0.890. The molecule has 116 valence electrons. The largest absolute Gasteiger partial charge is 0.381 e. The second-order valence-electron chi connectivity index (χ2n) is 6.84. The number of rotatable bonds is 3. The van der Waals surface area contributed by atoms with E-state index >= 15 is 0 Å². The summed E-state index contributed by atoms with van der Waals surface area (Å²) in [5, 5.41) is 3.14. The third kappa shape index (κ3) is 4.07. The fourth-order valence-electron chi connectivity index (χ4n) is 2.66. The van der Waals surface area contributed by atoms with Crippen LogP contribution in [-0.2, 0) is 14.9 Å². The van der Waals surface area contributed by atoms with Crippen molar-refractivity contribution in [2.24, 2.45) is 5.41 Å². The van der Waals surface area contributed by atoms with Crippen LogP contribution in [0, 0.1) is 5.41 Å². The van der Waals surface area contributed by atoms with E-state index in [1.807, 2.05) is 26.8 Å². The highest BCUT2D eigenvalue weighted by Crippen LogP contribution is 2.35. The molecule has 1 amide bonds. The Hall–Kier alpha value is -0.870. The molecule has 1 saturated heterocycles. The molecule has 1 aliphatic heterocycles. The van der Waals surface area contributed by atoms with Crippen LogP contribution in [0.4, 0.5) is 0 Å². The molecular formula is C17H24BrNO2. The highest BCUT2D eigenvalue weighted by Gasteiger charge is 2.36. The first kappa shape index (κ1) is 16.5. The SMILES string of the molecule is CC(C)(C)C(=O)NCC1(c2cccc(Br)c2)CCOCC1. The van der Waals surface area contributed by atoms with Gasteiger partial charge < -0.3 is 10.1 Å². The summed E-state index contributed by atoms with van der Waals surface area (Å²) in [6, 6.07) is 8.40. The van der Waals surface area contributed by atoms with Crippen LogP contribution in [-0.4, -0.2) is 25.7 Å². The Morgan fingerprint density at radius 3 is 2.57 bits per heavy atom. The first-order chi connectivity index (χ1) is 9.83. The summed E-state index contributed by atoms with van der Waals surface area (Å²) in [4.78, 5) is 12.2. The molecular weight excluding hydrogens is 330 g/mol. The fourth-order valence-corrected chi connectivity index (χ4v) is 3.06. The number of ether oxygens (including phenoxy) is 1. The van der Waals surface area contributed by atoms with Crippen LogP contribution in [0.1, 0.15) is 39.2 Å². The molecule has 21 heavy (non-hydrogen) atoms. The van der Waals surface area contributed by atoms with E-state index in [1.54, 1.807) is 0 Å². The van der Waals surface area contributed by atoms with Crippen molar-refractivity contribution in [3.63, 3.8) is 0 Å². The number of amides is 1. The van der Waals surface area contributed by atoms with Gasteiger partial charge in [0.2, 0.25) is 5.91 Å². The lowest BCUT2D eigenvalue weighted by Crippen LogP contribution is -2.47. The molecule has 3 nitrogen and oxygen atoms in total. The van der Waals surface area contributed by atoms with Crippen molar-refractivity contribution in [3.8, 4) is 0 Å². The number of carbonyl (C=O) groups excluding carboxylic acids is 1. The number of hydrogen-bond donors (Lipinski definition) is 1. The van der Waals surface area contributed by atoms with Crippen molar-refractivity contribution in [1.29, 1.82) is 0 Å². The molecule has 0 aliphatic carbocycles. The van der Waals surface area contributed by atoms with Gasteiger partial charge in [-0.2, -0.15) is 0 Å². The van der Waals surface area contributed by atoms with E-state index < -0.39 is 0 Å². The Labute approximate surface area is 135 Å². The Balaban J connectivity index is 2.20. The van der Waals surface area contributed by atoms with Gasteiger partial charge in [0.15, 0.2) is 0 Å². The van der Waals surface area contributed by atoms with Gasteiger partial charge in [0.05, 0.1) is 0 Å². The van der Waals surface area contributed by atoms with Crippen molar-refractivity contribution in [3.05, 3.63) is 34.3 Å². The first-order valence-electron chi connectivity index (χ1n) is 7.46. The minimum Gasteiger partial charge on any atom is -0.381 e. The standard InChI is InChI=1S/C17H24BrNO2/c1-16(2,3)15(20)19-12-17(7-9-21-10-8-17)13-5-4-6-14(18)11-13/h4-6,11H,7-10,12H2,1-3H3,(H,19,20). The van der Waals surface area contributed by atoms with E-state index in [0.29, 0.717) is 6.54 Å². The van der Waals surface area contributed by atoms with Gasteiger partial charge >= 0.3 is 0 Å². The molecule has 0 saturated carbocycles. The lowest BCUT2D eigenvalue weighted by molar-refractivity contribution is -0.129. The van der Waals surface area contributed by atoms with E-state index in [9.17, 15) is 4.79 Å². The smallest absolute Gasteiger partial charge is 0.225 e. The van der Waals surface area contributed by atoms with Crippen LogP contribution in [0.15, 0.2) is 28.7 Å². The fraction of sp³-hybridized carbons (Fsp3) is 0.588. The number of carbonyl (C=O) groups is 1. The van der Waals surface area contributed by atoms with Crippen molar-refractivity contribution < 1.29 is 9.53 Å². The van der Waals surface area contributed by atoms with Crippen molar-refractivity contribution in [1.82, 2.24) is 5.32 Å². The van der Waals surface area contributed by atoms with Crippen LogP contribution in [0.2, 0.25) is 0 Å². The highest BCUT2D eigenvalue weighted by molar-refractivity contribution is 9.10. The zero-order valence-electron chi connectivity index (χ0n) is 13.0. The van der Waals surface area contributed by atoms with Crippen molar-refractivity contribution in [2.75, 3.05) is 19.8 Å². The molecule has 1 N–H and O–H groups in total. The Bertz CT molecular complexity index is 502. The second-order valence-corrected chi connectivity index (χ2v) is 7.75. The average Bonchev–Trinajstić information content (AvgIpc) is 2.45. The molecule has 0 unspecified atom stereocenters. The molecule has 1 fully saturated rings. The predicted molar refractivity (Wildman–Crippen MR) is 88.3 cm³/mol. The quantitative estimate of drug-likeness (QED) is 0.900. The van der Waals surface area contributed by atoms with Gasteiger partial charge in [-0.15, -0.1) is 0 Å². The summed E-state index contributed by atoms with van der Waals surface area (Å²) in [6.45, 7) is 7.99. The average molecular weight is 354 g/mol. The number of nitrogens with one attached hydrogen (secondary N) is 1. The molecule has 0 aromatic heterocycles. The third-order valence-corrected chi connectivity index (χ3v) is 4.65. The maximum Gasteiger partial charge on any atom is 0.225 e. The molecule has 1 aliphatic rings. The zero-order chi connectivity index (χ0) is 15.5. The topological polar surface area (TPSA) is 38.3 Å². The molecule has 1 aromatic rings. The lowest BCUT2D eigenvalue weighted by Gasteiger charge is -2.38. The van der Waals surface area contributed by atoms with Gasteiger partial charge in [0, 0.05) is 35.1 Å². The maximum absolute atomic E-state index is 12.2. The third-order valence-electron chi connectivity index (χ3n) is 4.16. The molecule has 1 aromatic carbocycles. The molecule has 4 heteroatoms. The molecule has 0 atom stereocenters. The van der Waals surface area contributed by atoms with Gasteiger partial charge in [-0.1, -0.05) is 48.8 Å². The molecule has 2 rings (SSSR count). The van der Waals surface area contributed by atoms with Gasteiger partial charge in [0.1, 0.15) is 0 Å². The van der Waals surface area contributed by atoms with E-state index in [2.05, 4.69) is 39.4 Å². The minimum atomic E-state index is -0.358. The predicted octanol–water partition coefficient (Wildman–Crippen LogP) is 3.66. The highest BCUT2D eigenvalue weighted by atomic mass is 79.9. The summed E-state index contributed by atoms with van der Waals surface area (Å²) < 4.78 is 6.60. The van der Waals surface area contributed by atoms with E-state index in [-0.39, 0.29) is 16.7 Å². The molecule has 0 spiro atoms. The van der Waals surface area contributed by atoms with Crippen LogP contribution in [0.5, 0.6) is 0 Å². The van der Waals surface area contributed by atoms with Gasteiger partial charge in [0.25, 0.3) is 0 Å². The Morgan fingerprint density at radius 2 is 2.00 bits per heavy atom.